The van der Waals surface area contributed by atoms with Crippen LogP contribution in [0.2, 0.25) is 0 Å². The van der Waals surface area contributed by atoms with Gasteiger partial charge in [0.2, 0.25) is 0 Å². The van der Waals surface area contributed by atoms with Gasteiger partial charge in [0.25, 0.3) is 0 Å². The Bertz CT molecular complexity index is 182. The van der Waals surface area contributed by atoms with Crippen molar-refractivity contribution in [2.24, 2.45) is 0 Å². The molecule has 0 aliphatic heterocycles. The molecule has 4 nitrogen and oxygen atoms in total. The number of ether oxygens (including phenoxy) is 1. The van der Waals surface area contributed by atoms with Gasteiger partial charge in [0.05, 0.1) is 6.26 Å². The van der Waals surface area contributed by atoms with E-state index in [9.17, 15) is 0 Å². The summed E-state index contributed by atoms with van der Waals surface area (Å²) in [6.07, 6.45) is 3.28. The van der Waals surface area contributed by atoms with E-state index >= 15 is 0 Å². The van der Waals surface area contributed by atoms with Crippen molar-refractivity contribution in [3.05, 3.63) is 12.8 Å². The molecule has 0 spiro atoms. The predicted octanol–water partition coefficient (Wildman–Crippen LogP) is 2.90. The first-order valence-corrected chi connectivity index (χ1v) is 8.19. The Morgan fingerprint density at radius 1 is 1.00 bits per heavy atom. The second kappa shape index (κ2) is 9.64. The lowest BCUT2D eigenvalue weighted by Crippen LogP contribution is -2.57. The highest BCUT2D eigenvalue weighted by molar-refractivity contribution is 6.62. The van der Waals surface area contributed by atoms with Crippen LogP contribution in [-0.2, 0) is 18.0 Å². The number of hydrogen-bond acceptors (Lipinski definition) is 4. The molecule has 0 fully saturated rings. The van der Waals surface area contributed by atoms with Crippen LogP contribution in [-0.4, -0.2) is 34.4 Å². The Kier molecular flexibility index (Phi) is 9.44. The second-order valence-corrected chi connectivity index (χ2v) is 6.20. The van der Waals surface area contributed by atoms with Crippen molar-refractivity contribution in [1.82, 2.24) is 0 Å². The molecule has 0 aliphatic rings. The van der Waals surface area contributed by atoms with Crippen molar-refractivity contribution in [1.29, 1.82) is 0 Å². The normalized spacial score (nSPS) is 13.4. The average Bonchev–Trinajstić information content (AvgIpc) is 2.29. The van der Waals surface area contributed by atoms with Crippen LogP contribution in [0, 0.1) is 0 Å². The van der Waals surface area contributed by atoms with Crippen molar-refractivity contribution in [3.63, 3.8) is 0 Å². The molecule has 0 N–H and O–H groups in total. The van der Waals surface area contributed by atoms with Crippen molar-refractivity contribution in [2.45, 2.75) is 46.3 Å². The Hall–Kier alpha value is -0.363. The van der Waals surface area contributed by atoms with E-state index in [0.29, 0.717) is 19.8 Å². The van der Waals surface area contributed by atoms with Crippen LogP contribution < -0.4 is 0 Å². The molecule has 102 valence electrons. The molecular weight excluding hydrogens is 236 g/mol. The summed E-state index contributed by atoms with van der Waals surface area (Å²) in [5.74, 6) is 0. The SMILES string of the molecule is C=COC(CCC)[Si](OCC)(OCC)OCC. The maximum Gasteiger partial charge on any atom is 0.543 e. The zero-order valence-electron chi connectivity index (χ0n) is 11.5. The Morgan fingerprint density at radius 2 is 1.47 bits per heavy atom. The van der Waals surface area contributed by atoms with Crippen LogP contribution in [0.1, 0.15) is 40.5 Å². The Morgan fingerprint density at radius 3 is 1.76 bits per heavy atom. The molecule has 0 aliphatic carbocycles. The fraction of sp³-hybridized carbons (Fsp3) is 0.833. The van der Waals surface area contributed by atoms with Crippen LogP contribution >= 0.6 is 0 Å². The molecule has 0 aromatic carbocycles. The highest BCUT2D eigenvalue weighted by Gasteiger charge is 2.50. The third-order valence-electron chi connectivity index (χ3n) is 2.24. The van der Waals surface area contributed by atoms with Gasteiger partial charge in [0.15, 0.2) is 5.73 Å². The van der Waals surface area contributed by atoms with Gasteiger partial charge < -0.3 is 18.0 Å². The first kappa shape index (κ1) is 16.6. The van der Waals surface area contributed by atoms with Crippen LogP contribution in [0.4, 0.5) is 0 Å². The minimum atomic E-state index is -2.76. The van der Waals surface area contributed by atoms with Gasteiger partial charge in [0, 0.05) is 19.8 Å². The summed E-state index contributed by atoms with van der Waals surface area (Å²) >= 11 is 0. The molecule has 0 amide bonds. The van der Waals surface area contributed by atoms with E-state index < -0.39 is 8.80 Å². The Labute approximate surface area is 106 Å². The summed E-state index contributed by atoms with van der Waals surface area (Å²) in [7, 11) is -2.76. The van der Waals surface area contributed by atoms with E-state index in [2.05, 4.69) is 13.5 Å². The molecule has 0 rings (SSSR count). The van der Waals surface area contributed by atoms with Crippen LogP contribution in [0.5, 0.6) is 0 Å². The summed E-state index contributed by atoms with van der Waals surface area (Å²) in [6, 6.07) is 0. The lowest BCUT2D eigenvalue weighted by molar-refractivity contribution is 0.0148. The van der Waals surface area contributed by atoms with Crippen LogP contribution in [0.25, 0.3) is 0 Å². The predicted molar refractivity (Wildman–Crippen MR) is 70.6 cm³/mol. The van der Waals surface area contributed by atoms with Crippen molar-refractivity contribution in [2.75, 3.05) is 19.8 Å². The molecule has 0 saturated carbocycles. The summed E-state index contributed by atoms with van der Waals surface area (Å²) in [6.45, 7) is 13.2. The fourth-order valence-electron chi connectivity index (χ4n) is 1.71. The molecule has 5 heteroatoms. The van der Waals surface area contributed by atoms with Crippen LogP contribution in [0.3, 0.4) is 0 Å². The number of rotatable bonds is 11. The van der Waals surface area contributed by atoms with Gasteiger partial charge in [-0.15, -0.1) is 0 Å². The monoisotopic (exact) mass is 262 g/mol. The molecule has 17 heavy (non-hydrogen) atoms. The standard InChI is InChI=1S/C12H26O4Si/c1-6-11-12(13-7-2)17(14-8-3,15-9-4)16-10-5/h7,12H,2,6,8-11H2,1,3-5H3. The van der Waals surface area contributed by atoms with E-state index in [1.165, 1.54) is 6.26 Å². The van der Waals surface area contributed by atoms with Crippen molar-refractivity contribution in [3.8, 4) is 0 Å². The van der Waals surface area contributed by atoms with Gasteiger partial charge in [-0.25, -0.2) is 0 Å². The molecule has 0 heterocycles. The maximum atomic E-state index is 5.80. The molecule has 0 radical (unpaired) electrons. The van der Waals surface area contributed by atoms with Gasteiger partial charge in [-0.2, -0.15) is 0 Å². The van der Waals surface area contributed by atoms with Crippen LogP contribution in [0.15, 0.2) is 12.8 Å². The topological polar surface area (TPSA) is 36.9 Å². The third-order valence-corrected chi connectivity index (χ3v) is 5.53. The van der Waals surface area contributed by atoms with Gasteiger partial charge in [-0.05, 0) is 27.2 Å². The second-order valence-electron chi connectivity index (χ2n) is 3.48. The van der Waals surface area contributed by atoms with E-state index in [0.717, 1.165) is 12.8 Å². The van der Waals surface area contributed by atoms with E-state index in [1.807, 2.05) is 20.8 Å². The largest absolute Gasteiger partial charge is 0.543 e. The quantitative estimate of drug-likeness (QED) is 0.424. The highest BCUT2D eigenvalue weighted by atomic mass is 28.4. The van der Waals surface area contributed by atoms with Gasteiger partial charge in [-0.1, -0.05) is 19.9 Å². The lowest BCUT2D eigenvalue weighted by atomic mass is 10.4. The molecule has 0 aromatic rings. The smallest absolute Gasteiger partial charge is 0.494 e. The molecule has 0 saturated heterocycles. The lowest BCUT2D eigenvalue weighted by Gasteiger charge is -2.34. The highest BCUT2D eigenvalue weighted by Crippen LogP contribution is 2.22. The number of hydrogen-bond donors (Lipinski definition) is 0. The van der Waals surface area contributed by atoms with E-state index in [-0.39, 0.29) is 5.73 Å². The van der Waals surface area contributed by atoms with Gasteiger partial charge in [-0.3, -0.25) is 0 Å². The zero-order chi connectivity index (χ0) is 13.1. The van der Waals surface area contributed by atoms with Gasteiger partial charge >= 0.3 is 8.80 Å². The summed E-state index contributed by atoms with van der Waals surface area (Å²) in [5, 5.41) is 0. The van der Waals surface area contributed by atoms with Crippen molar-refractivity contribution >= 4 is 8.80 Å². The van der Waals surface area contributed by atoms with E-state index in [1.54, 1.807) is 0 Å². The zero-order valence-corrected chi connectivity index (χ0v) is 12.5. The third kappa shape index (κ3) is 5.20. The van der Waals surface area contributed by atoms with Crippen molar-refractivity contribution < 1.29 is 18.0 Å². The minimum absolute atomic E-state index is 0.162. The molecule has 0 aromatic heterocycles. The fourth-order valence-corrected chi connectivity index (χ4v) is 4.63. The molecule has 0 bridgehead atoms. The van der Waals surface area contributed by atoms with E-state index in [4.69, 9.17) is 18.0 Å². The first-order valence-electron chi connectivity index (χ1n) is 6.38. The Balaban J connectivity index is 4.93. The first-order chi connectivity index (χ1) is 8.20. The minimum Gasteiger partial charge on any atom is -0.494 e. The average molecular weight is 262 g/mol. The summed E-state index contributed by atoms with van der Waals surface area (Å²) in [4.78, 5) is 0. The molecule has 1 unspecified atom stereocenters. The molecule has 1 atom stereocenters. The summed E-state index contributed by atoms with van der Waals surface area (Å²) < 4.78 is 23.0. The maximum absolute atomic E-state index is 5.80. The summed E-state index contributed by atoms with van der Waals surface area (Å²) in [5.41, 5.74) is -0.162. The molecular formula is C12H26O4Si. The van der Waals surface area contributed by atoms with Gasteiger partial charge in [0.1, 0.15) is 0 Å².